The van der Waals surface area contributed by atoms with Gasteiger partial charge in [-0.25, -0.2) is 4.79 Å². The van der Waals surface area contributed by atoms with Crippen molar-refractivity contribution in [1.29, 1.82) is 0 Å². The number of carbonyl (C=O) groups excluding carboxylic acids is 3. The summed E-state index contributed by atoms with van der Waals surface area (Å²) in [7, 11) is 3.23. The van der Waals surface area contributed by atoms with Gasteiger partial charge in [0, 0.05) is 25.3 Å². The fraction of sp³-hybridized carbons (Fsp3) is 0.211. The van der Waals surface area contributed by atoms with Crippen LogP contribution in [-0.2, 0) is 15.7 Å². The van der Waals surface area contributed by atoms with Crippen LogP contribution in [0.4, 0.5) is 18.9 Å². The molecule has 28 heavy (non-hydrogen) atoms. The molecule has 148 valence electrons. The van der Waals surface area contributed by atoms with E-state index in [1.165, 1.54) is 29.2 Å². The molecule has 2 aromatic carbocycles. The molecule has 1 N–H and O–H groups in total. The molecule has 0 aromatic heterocycles. The van der Waals surface area contributed by atoms with Crippen LogP contribution in [-0.4, -0.2) is 43.4 Å². The van der Waals surface area contributed by atoms with E-state index in [0.29, 0.717) is 11.3 Å². The largest absolute Gasteiger partial charge is 0.452 e. The molecule has 0 spiro atoms. The van der Waals surface area contributed by atoms with Gasteiger partial charge < -0.3 is 15.0 Å². The number of anilines is 1. The maximum Gasteiger partial charge on any atom is 0.416 e. The molecule has 0 bridgehead atoms. The van der Waals surface area contributed by atoms with E-state index in [2.05, 4.69) is 5.32 Å². The summed E-state index contributed by atoms with van der Waals surface area (Å²) in [6.45, 7) is -0.613. The van der Waals surface area contributed by atoms with Gasteiger partial charge in [0.15, 0.2) is 6.61 Å². The lowest BCUT2D eigenvalue weighted by Gasteiger charge is -2.11. The molecule has 0 fully saturated rings. The zero-order valence-electron chi connectivity index (χ0n) is 15.0. The maximum absolute atomic E-state index is 12.5. The second-order valence-electron chi connectivity index (χ2n) is 5.98. The van der Waals surface area contributed by atoms with Gasteiger partial charge in [-0.05, 0) is 48.5 Å². The van der Waals surface area contributed by atoms with Gasteiger partial charge >= 0.3 is 12.1 Å². The Labute approximate surface area is 158 Å². The highest BCUT2D eigenvalue weighted by atomic mass is 19.4. The smallest absolute Gasteiger partial charge is 0.416 e. The first-order chi connectivity index (χ1) is 13.1. The first-order valence-electron chi connectivity index (χ1n) is 8.04. The summed E-state index contributed by atoms with van der Waals surface area (Å²) in [6.07, 6.45) is -4.50. The van der Waals surface area contributed by atoms with Gasteiger partial charge in [-0.1, -0.05) is 0 Å². The van der Waals surface area contributed by atoms with Crippen molar-refractivity contribution in [3.63, 3.8) is 0 Å². The molecule has 2 rings (SSSR count). The minimum absolute atomic E-state index is 0.104. The average molecular weight is 394 g/mol. The van der Waals surface area contributed by atoms with E-state index >= 15 is 0 Å². The first-order valence-corrected chi connectivity index (χ1v) is 8.04. The number of amides is 2. The Hall–Kier alpha value is -3.36. The topological polar surface area (TPSA) is 75.7 Å². The van der Waals surface area contributed by atoms with Crippen molar-refractivity contribution in [3.8, 4) is 0 Å². The molecule has 0 radical (unpaired) electrons. The number of alkyl halides is 3. The standard InChI is InChI=1S/C19H17F3N2O4/c1-24(2)17(26)12-5-9-15(10-6-12)23-16(25)11-28-18(27)13-3-7-14(8-4-13)19(20,21)22/h3-10H,11H2,1-2H3,(H,23,25). The second-order valence-corrected chi connectivity index (χ2v) is 5.98. The Balaban J connectivity index is 1.88. The summed E-state index contributed by atoms with van der Waals surface area (Å²) in [5.74, 6) is -1.74. The van der Waals surface area contributed by atoms with Crippen LogP contribution in [0, 0.1) is 0 Å². The molecule has 0 aliphatic heterocycles. The SMILES string of the molecule is CN(C)C(=O)c1ccc(NC(=O)COC(=O)c2ccc(C(F)(F)F)cc2)cc1. The molecule has 2 amide bonds. The van der Waals surface area contributed by atoms with Crippen LogP contribution < -0.4 is 5.32 Å². The number of ether oxygens (including phenoxy) is 1. The Morgan fingerprint density at radius 3 is 1.96 bits per heavy atom. The quantitative estimate of drug-likeness (QED) is 0.791. The zero-order valence-corrected chi connectivity index (χ0v) is 15.0. The molecule has 0 saturated carbocycles. The number of hydrogen-bond donors (Lipinski definition) is 1. The van der Waals surface area contributed by atoms with Gasteiger partial charge in [0.05, 0.1) is 11.1 Å². The molecule has 0 atom stereocenters. The van der Waals surface area contributed by atoms with E-state index in [0.717, 1.165) is 24.3 Å². The molecule has 0 heterocycles. The zero-order chi connectivity index (χ0) is 20.9. The third-order valence-electron chi connectivity index (χ3n) is 3.60. The maximum atomic E-state index is 12.5. The van der Waals surface area contributed by atoms with Crippen LogP contribution in [0.2, 0.25) is 0 Å². The van der Waals surface area contributed by atoms with Crippen LogP contribution in [0.1, 0.15) is 26.3 Å². The summed E-state index contributed by atoms with van der Waals surface area (Å²) in [5.41, 5.74) is -0.159. The van der Waals surface area contributed by atoms with Gasteiger partial charge in [-0.2, -0.15) is 13.2 Å². The fourth-order valence-corrected chi connectivity index (χ4v) is 2.16. The lowest BCUT2D eigenvalue weighted by atomic mass is 10.1. The first kappa shape index (κ1) is 20.9. The van der Waals surface area contributed by atoms with Gasteiger partial charge in [-0.3, -0.25) is 9.59 Å². The third kappa shape index (κ3) is 5.57. The van der Waals surface area contributed by atoms with Gasteiger partial charge in [0.1, 0.15) is 0 Å². The van der Waals surface area contributed by atoms with Crippen molar-refractivity contribution in [3.05, 3.63) is 65.2 Å². The normalized spacial score (nSPS) is 10.9. The van der Waals surface area contributed by atoms with E-state index < -0.39 is 30.2 Å². The van der Waals surface area contributed by atoms with E-state index in [-0.39, 0.29) is 11.5 Å². The molecule has 0 unspecified atom stereocenters. The lowest BCUT2D eigenvalue weighted by Crippen LogP contribution is -2.22. The van der Waals surface area contributed by atoms with Crippen molar-refractivity contribution in [2.24, 2.45) is 0 Å². The summed E-state index contributed by atoms with van der Waals surface area (Å²) < 4.78 is 42.3. The number of nitrogens with zero attached hydrogens (tertiary/aromatic N) is 1. The van der Waals surface area contributed by atoms with Gasteiger partial charge in [0.25, 0.3) is 11.8 Å². The third-order valence-corrected chi connectivity index (χ3v) is 3.60. The van der Waals surface area contributed by atoms with Crippen molar-refractivity contribution in [2.45, 2.75) is 6.18 Å². The molecule has 9 heteroatoms. The molecular weight excluding hydrogens is 377 g/mol. The summed E-state index contributed by atoms with van der Waals surface area (Å²) in [5, 5.41) is 2.48. The van der Waals surface area contributed by atoms with Crippen molar-refractivity contribution in [1.82, 2.24) is 4.90 Å². The van der Waals surface area contributed by atoms with Gasteiger partial charge in [-0.15, -0.1) is 0 Å². The minimum atomic E-state index is -4.50. The summed E-state index contributed by atoms with van der Waals surface area (Å²) >= 11 is 0. The molecule has 0 saturated heterocycles. The predicted molar refractivity (Wildman–Crippen MR) is 94.8 cm³/mol. The van der Waals surface area contributed by atoms with Crippen LogP contribution >= 0.6 is 0 Å². The number of carbonyl (C=O) groups is 3. The molecule has 6 nitrogen and oxygen atoms in total. The number of rotatable bonds is 5. The van der Waals surface area contributed by atoms with E-state index in [4.69, 9.17) is 4.74 Å². The van der Waals surface area contributed by atoms with E-state index in [9.17, 15) is 27.6 Å². The van der Waals surface area contributed by atoms with E-state index in [1.807, 2.05) is 0 Å². The van der Waals surface area contributed by atoms with Gasteiger partial charge in [0.2, 0.25) is 0 Å². The van der Waals surface area contributed by atoms with Crippen LogP contribution in [0.25, 0.3) is 0 Å². The Kier molecular flexibility index (Phi) is 6.40. The lowest BCUT2D eigenvalue weighted by molar-refractivity contribution is -0.137. The van der Waals surface area contributed by atoms with Crippen molar-refractivity contribution >= 4 is 23.5 Å². The number of benzene rings is 2. The Bertz CT molecular complexity index is 860. The number of halogens is 3. The van der Waals surface area contributed by atoms with E-state index in [1.54, 1.807) is 14.1 Å². The molecule has 2 aromatic rings. The monoisotopic (exact) mass is 394 g/mol. The molecule has 0 aliphatic carbocycles. The number of esters is 1. The predicted octanol–water partition coefficient (Wildman–Crippen LogP) is 3.20. The highest BCUT2D eigenvalue weighted by Gasteiger charge is 2.30. The minimum Gasteiger partial charge on any atom is -0.452 e. The average Bonchev–Trinajstić information content (AvgIpc) is 2.65. The van der Waals surface area contributed by atoms with Crippen LogP contribution in [0.5, 0.6) is 0 Å². The second kappa shape index (κ2) is 8.55. The van der Waals surface area contributed by atoms with Crippen molar-refractivity contribution in [2.75, 3.05) is 26.0 Å². The van der Waals surface area contributed by atoms with Crippen LogP contribution in [0.3, 0.4) is 0 Å². The number of hydrogen-bond acceptors (Lipinski definition) is 4. The molecular formula is C19H17F3N2O4. The fourth-order valence-electron chi connectivity index (χ4n) is 2.16. The summed E-state index contributed by atoms with van der Waals surface area (Å²) in [4.78, 5) is 36.9. The summed E-state index contributed by atoms with van der Waals surface area (Å²) in [6, 6.07) is 9.57. The van der Waals surface area contributed by atoms with Crippen molar-refractivity contribution < 1.29 is 32.3 Å². The molecule has 0 aliphatic rings. The Morgan fingerprint density at radius 1 is 0.929 bits per heavy atom. The Morgan fingerprint density at radius 2 is 1.46 bits per heavy atom. The number of nitrogens with one attached hydrogen (secondary N) is 1. The van der Waals surface area contributed by atoms with Crippen LogP contribution in [0.15, 0.2) is 48.5 Å². The highest BCUT2D eigenvalue weighted by Crippen LogP contribution is 2.29. The highest BCUT2D eigenvalue weighted by molar-refractivity contribution is 5.97.